The lowest BCUT2D eigenvalue weighted by molar-refractivity contribution is 1.30. The van der Waals surface area contributed by atoms with Gasteiger partial charge in [-0.1, -0.05) is 84.9 Å². The Morgan fingerprint density at radius 1 is 0.458 bits per heavy atom. The number of hydrogen-bond acceptors (Lipinski definition) is 0. The highest BCUT2D eigenvalue weighted by molar-refractivity contribution is 5.91. The third-order valence-electron chi connectivity index (χ3n) is 5.16. The van der Waals surface area contributed by atoms with Crippen LogP contribution in [-0.2, 0) is 12.8 Å². The van der Waals surface area contributed by atoms with Gasteiger partial charge in [-0.05, 0) is 57.4 Å². The fourth-order valence-electron chi connectivity index (χ4n) is 3.83. The first kappa shape index (κ1) is 13.6. The van der Waals surface area contributed by atoms with E-state index in [1.165, 1.54) is 44.5 Å². The molecule has 3 aromatic rings. The number of benzene rings is 3. The minimum absolute atomic E-state index is 1.05. The molecule has 0 amide bonds. The lowest BCUT2D eigenvalue weighted by Crippen LogP contribution is -1.88. The maximum absolute atomic E-state index is 2.33. The molecule has 0 spiro atoms. The molecule has 24 heavy (non-hydrogen) atoms. The van der Waals surface area contributed by atoms with Crippen LogP contribution >= 0.6 is 0 Å². The van der Waals surface area contributed by atoms with E-state index in [4.69, 9.17) is 0 Å². The number of hydrogen-bond donors (Lipinski definition) is 0. The second kappa shape index (κ2) is 5.35. The molecule has 0 nitrogen and oxygen atoms in total. The van der Waals surface area contributed by atoms with Crippen molar-refractivity contribution < 1.29 is 0 Å². The van der Waals surface area contributed by atoms with Gasteiger partial charge in [0.15, 0.2) is 0 Å². The summed E-state index contributed by atoms with van der Waals surface area (Å²) in [7, 11) is 0. The van der Waals surface area contributed by atoms with Crippen molar-refractivity contribution in [1.82, 2.24) is 0 Å². The molecule has 2 aliphatic rings. The lowest BCUT2D eigenvalue weighted by Gasteiger charge is -2.06. The van der Waals surface area contributed by atoms with Crippen molar-refractivity contribution >= 4 is 23.3 Å². The molecule has 0 aromatic heterocycles. The fourth-order valence-corrected chi connectivity index (χ4v) is 3.83. The van der Waals surface area contributed by atoms with E-state index in [1.807, 2.05) is 0 Å². The molecule has 0 saturated carbocycles. The van der Waals surface area contributed by atoms with Crippen molar-refractivity contribution in [1.29, 1.82) is 0 Å². The van der Waals surface area contributed by atoms with E-state index in [-0.39, 0.29) is 0 Å². The first-order valence-electron chi connectivity index (χ1n) is 8.54. The van der Waals surface area contributed by atoms with Gasteiger partial charge in [0.1, 0.15) is 0 Å². The lowest BCUT2D eigenvalue weighted by atomic mass is 9.98. The molecule has 2 aliphatic carbocycles. The molecular weight excluding hydrogens is 288 g/mol. The first-order valence-corrected chi connectivity index (χ1v) is 8.54. The van der Waals surface area contributed by atoms with E-state index in [0.717, 1.165) is 12.8 Å². The van der Waals surface area contributed by atoms with Gasteiger partial charge < -0.3 is 0 Å². The van der Waals surface area contributed by atoms with Gasteiger partial charge in [-0.25, -0.2) is 0 Å². The van der Waals surface area contributed by atoms with E-state index >= 15 is 0 Å². The second-order valence-corrected chi connectivity index (χ2v) is 6.67. The SMILES string of the molecule is C1=C(c2ccc(C3=Cc4ccccc4C3)cc2)Cc2ccccc21. The molecule has 0 fully saturated rings. The van der Waals surface area contributed by atoms with Crippen LogP contribution < -0.4 is 0 Å². The standard InChI is InChI=1S/C24H18/c1-2-6-20-14-23(13-19(20)5-1)17-9-11-18(12-10-17)24-15-21-7-3-4-8-22(21)16-24/h1-13,15H,14,16H2. The van der Waals surface area contributed by atoms with Gasteiger partial charge in [-0.2, -0.15) is 0 Å². The third kappa shape index (κ3) is 2.23. The van der Waals surface area contributed by atoms with E-state index < -0.39 is 0 Å². The van der Waals surface area contributed by atoms with Crippen molar-refractivity contribution in [2.45, 2.75) is 12.8 Å². The summed E-state index contributed by atoms with van der Waals surface area (Å²) in [6.07, 6.45) is 6.75. The predicted molar refractivity (Wildman–Crippen MR) is 102 cm³/mol. The van der Waals surface area contributed by atoms with E-state index in [9.17, 15) is 0 Å². The largest absolute Gasteiger partial charge is 0.0619 e. The van der Waals surface area contributed by atoms with Gasteiger partial charge in [0.2, 0.25) is 0 Å². The highest BCUT2D eigenvalue weighted by Gasteiger charge is 2.15. The number of fused-ring (bicyclic) bond motifs is 2. The Hall–Kier alpha value is -2.86. The highest BCUT2D eigenvalue weighted by atomic mass is 14.2. The molecule has 0 heterocycles. The smallest absolute Gasteiger partial charge is 0.00137 e. The third-order valence-corrected chi connectivity index (χ3v) is 5.16. The summed E-state index contributed by atoms with van der Waals surface area (Å²) in [5.41, 5.74) is 11.1. The summed E-state index contributed by atoms with van der Waals surface area (Å²) >= 11 is 0. The quantitative estimate of drug-likeness (QED) is 0.554. The Morgan fingerprint density at radius 2 is 0.875 bits per heavy atom. The normalized spacial score (nSPS) is 14.8. The predicted octanol–water partition coefficient (Wildman–Crippen LogP) is 5.88. The molecule has 0 radical (unpaired) electrons. The zero-order chi connectivity index (χ0) is 15.9. The zero-order valence-electron chi connectivity index (χ0n) is 13.5. The Balaban J connectivity index is 1.42. The Labute approximate surface area is 142 Å². The van der Waals surface area contributed by atoms with Crippen molar-refractivity contribution in [2.75, 3.05) is 0 Å². The van der Waals surface area contributed by atoms with Gasteiger partial charge in [-0.15, -0.1) is 0 Å². The van der Waals surface area contributed by atoms with Gasteiger partial charge in [0, 0.05) is 0 Å². The van der Waals surface area contributed by atoms with Gasteiger partial charge >= 0.3 is 0 Å². The summed E-state index contributed by atoms with van der Waals surface area (Å²) in [6.45, 7) is 0. The molecule has 0 heteroatoms. The zero-order valence-corrected chi connectivity index (χ0v) is 13.5. The number of allylic oxidation sites excluding steroid dienone is 2. The highest BCUT2D eigenvalue weighted by Crippen LogP contribution is 2.34. The van der Waals surface area contributed by atoms with Crippen LogP contribution in [0.1, 0.15) is 33.4 Å². The number of rotatable bonds is 2. The summed E-state index contributed by atoms with van der Waals surface area (Å²) in [5, 5.41) is 0. The van der Waals surface area contributed by atoms with Crippen LogP contribution in [0.15, 0.2) is 72.8 Å². The molecule has 0 unspecified atom stereocenters. The first-order chi connectivity index (χ1) is 11.9. The van der Waals surface area contributed by atoms with E-state index in [0.29, 0.717) is 0 Å². The average molecular weight is 306 g/mol. The molecule has 0 N–H and O–H groups in total. The molecule has 0 bridgehead atoms. The van der Waals surface area contributed by atoms with Crippen LogP contribution in [0, 0.1) is 0 Å². The maximum Gasteiger partial charge on any atom is -0.00137 e. The summed E-state index contributed by atoms with van der Waals surface area (Å²) in [4.78, 5) is 0. The summed E-state index contributed by atoms with van der Waals surface area (Å²) < 4.78 is 0. The molecular formula is C24H18. The molecule has 0 aliphatic heterocycles. The van der Waals surface area contributed by atoms with Crippen molar-refractivity contribution in [3.05, 3.63) is 106 Å². The van der Waals surface area contributed by atoms with Gasteiger partial charge in [0.05, 0.1) is 0 Å². The summed E-state index contributed by atoms with van der Waals surface area (Å²) in [5.74, 6) is 0. The molecule has 114 valence electrons. The summed E-state index contributed by atoms with van der Waals surface area (Å²) in [6, 6.07) is 26.5. The monoisotopic (exact) mass is 306 g/mol. The molecule has 0 saturated heterocycles. The van der Waals surface area contributed by atoms with Crippen LogP contribution in [0.2, 0.25) is 0 Å². The maximum atomic E-state index is 2.33. The fraction of sp³-hybridized carbons (Fsp3) is 0.0833. The Morgan fingerprint density at radius 3 is 1.29 bits per heavy atom. The molecule has 5 rings (SSSR count). The van der Waals surface area contributed by atoms with Crippen molar-refractivity contribution in [2.24, 2.45) is 0 Å². The minimum Gasteiger partial charge on any atom is -0.0619 e. The molecule has 3 aromatic carbocycles. The van der Waals surface area contributed by atoms with Crippen LogP contribution in [0.3, 0.4) is 0 Å². The second-order valence-electron chi connectivity index (χ2n) is 6.67. The van der Waals surface area contributed by atoms with Crippen LogP contribution in [0.5, 0.6) is 0 Å². The van der Waals surface area contributed by atoms with Gasteiger partial charge in [0.25, 0.3) is 0 Å². The van der Waals surface area contributed by atoms with Crippen molar-refractivity contribution in [3.63, 3.8) is 0 Å². The van der Waals surface area contributed by atoms with Crippen LogP contribution in [0.25, 0.3) is 23.3 Å². The average Bonchev–Trinajstić information content (AvgIpc) is 3.25. The van der Waals surface area contributed by atoms with Gasteiger partial charge in [-0.3, -0.25) is 0 Å². The van der Waals surface area contributed by atoms with Crippen molar-refractivity contribution in [3.8, 4) is 0 Å². The Kier molecular flexibility index (Phi) is 3.02. The van der Waals surface area contributed by atoms with E-state index in [1.54, 1.807) is 0 Å². The molecule has 0 atom stereocenters. The minimum atomic E-state index is 1.05. The van der Waals surface area contributed by atoms with Crippen LogP contribution in [0.4, 0.5) is 0 Å². The van der Waals surface area contributed by atoms with E-state index in [2.05, 4.69) is 84.9 Å². The van der Waals surface area contributed by atoms with Crippen LogP contribution in [-0.4, -0.2) is 0 Å². The topological polar surface area (TPSA) is 0 Å². The Bertz CT molecular complexity index is 902.